The van der Waals surface area contributed by atoms with Crippen molar-refractivity contribution in [3.05, 3.63) is 23.3 Å². The molecule has 1 aromatic rings. The first-order chi connectivity index (χ1) is 11.4. The molecule has 2 N–H and O–H groups in total. The molecule has 1 heterocycles. The lowest BCUT2D eigenvalue weighted by Gasteiger charge is -2.16. The number of ether oxygens (including phenoxy) is 1. The number of esters is 1. The first kappa shape index (κ1) is 18.0. The molecule has 2 rings (SSSR count). The van der Waals surface area contributed by atoms with Crippen LogP contribution in [0.5, 0.6) is 11.5 Å². The SMILES string of the molecule is C[C@@H]1CCCC(=O)CCCC(=O)Cc2cc(O)cc(O)c2C(=O)O1. The van der Waals surface area contributed by atoms with Crippen LogP contribution in [0.4, 0.5) is 0 Å². The molecule has 130 valence electrons. The molecule has 0 radical (unpaired) electrons. The van der Waals surface area contributed by atoms with Crippen LogP contribution in [0.2, 0.25) is 0 Å². The van der Waals surface area contributed by atoms with Gasteiger partial charge in [0.15, 0.2) is 0 Å². The number of Topliss-reactive ketones (excluding diaryl/α,β-unsaturated/α-hetero) is 2. The van der Waals surface area contributed by atoms with Gasteiger partial charge in [-0.05, 0) is 37.8 Å². The minimum Gasteiger partial charge on any atom is -0.508 e. The van der Waals surface area contributed by atoms with Crippen LogP contribution in [0.25, 0.3) is 0 Å². The number of hydrogen-bond acceptors (Lipinski definition) is 6. The van der Waals surface area contributed by atoms with Crippen molar-refractivity contribution in [1.82, 2.24) is 0 Å². The van der Waals surface area contributed by atoms with Gasteiger partial charge in [0.2, 0.25) is 0 Å². The average Bonchev–Trinajstić information content (AvgIpc) is 2.45. The summed E-state index contributed by atoms with van der Waals surface area (Å²) >= 11 is 0. The third-order valence-electron chi connectivity index (χ3n) is 4.06. The Bertz CT molecular complexity index is 649. The fourth-order valence-electron chi connectivity index (χ4n) is 2.84. The fourth-order valence-corrected chi connectivity index (χ4v) is 2.84. The smallest absolute Gasteiger partial charge is 0.342 e. The molecule has 0 fully saturated rings. The maximum absolute atomic E-state index is 12.3. The van der Waals surface area contributed by atoms with Gasteiger partial charge in [-0.2, -0.15) is 0 Å². The summed E-state index contributed by atoms with van der Waals surface area (Å²) < 4.78 is 5.31. The fraction of sp³-hybridized carbons (Fsp3) is 0.500. The number of carbonyl (C=O) groups excluding carboxylic acids is 3. The second-order valence-corrected chi connectivity index (χ2v) is 6.21. The maximum Gasteiger partial charge on any atom is 0.342 e. The van der Waals surface area contributed by atoms with Gasteiger partial charge in [0.05, 0.1) is 6.10 Å². The standard InChI is InChI=1S/C18H22O6/c1-11-4-2-5-13(19)6-3-7-14(20)8-12-9-15(21)10-16(22)17(12)18(23)24-11/h9-11,21-22H,2-8H2,1H3/t11-/m1/s1. The second kappa shape index (κ2) is 7.95. The summed E-state index contributed by atoms with van der Waals surface area (Å²) in [7, 11) is 0. The van der Waals surface area contributed by atoms with Gasteiger partial charge in [-0.15, -0.1) is 0 Å². The van der Waals surface area contributed by atoms with Crippen molar-refractivity contribution < 1.29 is 29.3 Å². The van der Waals surface area contributed by atoms with Crippen molar-refractivity contribution in [2.24, 2.45) is 0 Å². The van der Waals surface area contributed by atoms with E-state index < -0.39 is 17.8 Å². The Labute approximate surface area is 140 Å². The van der Waals surface area contributed by atoms with E-state index in [9.17, 15) is 24.6 Å². The van der Waals surface area contributed by atoms with E-state index in [0.717, 1.165) is 6.07 Å². The molecule has 0 amide bonds. The predicted molar refractivity (Wildman–Crippen MR) is 86.1 cm³/mol. The summed E-state index contributed by atoms with van der Waals surface area (Å²) in [4.78, 5) is 36.2. The van der Waals surface area contributed by atoms with E-state index in [1.807, 2.05) is 0 Å². The predicted octanol–water partition coefficient (Wildman–Crippen LogP) is 2.68. The monoisotopic (exact) mass is 334 g/mol. The van der Waals surface area contributed by atoms with E-state index in [4.69, 9.17) is 4.74 Å². The number of carbonyl (C=O) groups is 3. The topological polar surface area (TPSA) is 101 Å². The van der Waals surface area contributed by atoms with E-state index in [2.05, 4.69) is 0 Å². The molecule has 0 unspecified atom stereocenters. The van der Waals surface area contributed by atoms with Crippen molar-refractivity contribution in [1.29, 1.82) is 0 Å². The van der Waals surface area contributed by atoms with Crippen LogP contribution in [-0.4, -0.2) is 33.9 Å². The average molecular weight is 334 g/mol. The van der Waals surface area contributed by atoms with Gasteiger partial charge in [0.25, 0.3) is 0 Å². The molecule has 0 spiro atoms. The molecule has 24 heavy (non-hydrogen) atoms. The molecular formula is C18H22O6. The second-order valence-electron chi connectivity index (χ2n) is 6.21. The Kier molecular flexibility index (Phi) is 5.95. The molecule has 6 nitrogen and oxygen atoms in total. The highest BCUT2D eigenvalue weighted by Gasteiger charge is 2.23. The maximum atomic E-state index is 12.3. The Morgan fingerprint density at radius 3 is 2.42 bits per heavy atom. The molecule has 0 saturated carbocycles. The summed E-state index contributed by atoms with van der Waals surface area (Å²) in [5, 5.41) is 19.6. The zero-order chi connectivity index (χ0) is 17.7. The largest absolute Gasteiger partial charge is 0.508 e. The van der Waals surface area contributed by atoms with E-state index in [0.29, 0.717) is 32.1 Å². The van der Waals surface area contributed by atoms with Crippen molar-refractivity contribution in [3.63, 3.8) is 0 Å². The number of aromatic hydroxyl groups is 2. The van der Waals surface area contributed by atoms with Crippen LogP contribution < -0.4 is 0 Å². The molecule has 0 aromatic heterocycles. The van der Waals surface area contributed by atoms with Crippen LogP contribution in [0, 0.1) is 0 Å². The first-order valence-corrected chi connectivity index (χ1v) is 8.16. The van der Waals surface area contributed by atoms with E-state index in [-0.39, 0.29) is 41.3 Å². The van der Waals surface area contributed by atoms with Crippen LogP contribution >= 0.6 is 0 Å². The summed E-state index contributed by atoms with van der Waals surface area (Å²) in [5.41, 5.74) is 0.152. The number of cyclic esters (lactones) is 1. The Morgan fingerprint density at radius 2 is 1.67 bits per heavy atom. The van der Waals surface area contributed by atoms with Gasteiger partial charge in [-0.1, -0.05) is 0 Å². The molecular weight excluding hydrogens is 312 g/mol. The van der Waals surface area contributed by atoms with Crippen LogP contribution in [-0.2, 0) is 20.7 Å². The summed E-state index contributed by atoms with van der Waals surface area (Å²) in [6.45, 7) is 1.72. The molecule has 1 aromatic carbocycles. The van der Waals surface area contributed by atoms with E-state index in [1.54, 1.807) is 6.92 Å². The Hall–Kier alpha value is -2.37. The van der Waals surface area contributed by atoms with Crippen molar-refractivity contribution in [3.8, 4) is 11.5 Å². The van der Waals surface area contributed by atoms with Crippen LogP contribution in [0.1, 0.15) is 61.4 Å². The van der Waals surface area contributed by atoms with Crippen molar-refractivity contribution in [2.75, 3.05) is 0 Å². The third-order valence-corrected chi connectivity index (χ3v) is 4.06. The molecule has 0 saturated heterocycles. The zero-order valence-corrected chi connectivity index (χ0v) is 13.7. The zero-order valence-electron chi connectivity index (χ0n) is 13.7. The van der Waals surface area contributed by atoms with E-state index in [1.165, 1.54) is 6.07 Å². The number of phenols is 2. The molecule has 0 aliphatic carbocycles. The summed E-state index contributed by atoms with van der Waals surface area (Å²) in [6.07, 6.45) is 2.09. The number of benzene rings is 1. The lowest BCUT2D eigenvalue weighted by molar-refractivity contribution is -0.120. The highest BCUT2D eigenvalue weighted by Crippen LogP contribution is 2.29. The molecule has 1 atom stereocenters. The molecule has 6 heteroatoms. The number of ketones is 2. The highest BCUT2D eigenvalue weighted by molar-refractivity contribution is 5.96. The van der Waals surface area contributed by atoms with Gasteiger partial charge in [-0.25, -0.2) is 4.79 Å². The third kappa shape index (κ3) is 4.81. The van der Waals surface area contributed by atoms with Gasteiger partial charge in [0.1, 0.15) is 28.6 Å². The van der Waals surface area contributed by atoms with Gasteiger partial charge >= 0.3 is 5.97 Å². The highest BCUT2D eigenvalue weighted by atomic mass is 16.5. The van der Waals surface area contributed by atoms with Gasteiger partial charge < -0.3 is 14.9 Å². The summed E-state index contributed by atoms with van der Waals surface area (Å²) in [6, 6.07) is 2.34. The normalized spacial score (nSPS) is 20.9. The van der Waals surface area contributed by atoms with Crippen LogP contribution in [0.3, 0.4) is 0 Å². The minimum absolute atomic E-state index is 0.0823. The number of phenolic OH excluding ortho intramolecular Hbond substituents is 2. The number of fused-ring (bicyclic) bond motifs is 1. The molecule has 1 aliphatic heterocycles. The number of rotatable bonds is 0. The summed E-state index contributed by atoms with van der Waals surface area (Å²) in [5.74, 6) is -1.42. The van der Waals surface area contributed by atoms with E-state index >= 15 is 0 Å². The van der Waals surface area contributed by atoms with Crippen LogP contribution in [0.15, 0.2) is 12.1 Å². The van der Waals surface area contributed by atoms with Gasteiger partial charge in [-0.3, -0.25) is 9.59 Å². The Morgan fingerprint density at radius 1 is 1.00 bits per heavy atom. The number of hydrogen-bond donors (Lipinski definition) is 2. The van der Waals surface area contributed by atoms with Gasteiger partial charge in [0, 0.05) is 31.7 Å². The molecule has 0 bridgehead atoms. The van der Waals surface area contributed by atoms with Crippen molar-refractivity contribution >= 4 is 17.5 Å². The minimum atomic E-state index is -0.730. The molecule has 1 aliphatic rings. The lowest BCUT2D eigenvalue weighted by Crippen LogP contribution is -2.18. The Balaban J connectivity index is 2.31. The quantitative estimate of drug-likeness (QED) is 0.707. The first-order valence-electron chi connectivity index (χ1n) is 8.16. The lowest BCUT2D eigenvalue weighted by atomic mass is 9.97. The van der Waals surface area contributed by atoms with Crippen molar-refractivity contribution in [2.45, 2.75) is 58.0 Å².